The van der Waals surface area contributed by atoms with Gasteiger partial charge in [0.05, 0.1) is 27.8 Å². The quantitative estimate of drug-likeness (QED) is 0.165. The Kier molecular flexibility index (Phi) is 9.71. The molecule has 10 aromatic rings. The standard InChI is InChI=1S/C66H65BN2O2/c1-38-29-39(2)31-40(30-38)41-32-54-60-58(33-41)71-56-28-23-45(66(12,13)14)36-50(56)67(60)51-37-57-59(47-17-15-16-18-55(47)70-57)62(61(51)68(54)46-24-19-42(20-25-46)63(3,4)5)69-52-26-21-43(64(6,7)8)34-48(52)49-35-44(65(9,10)11)22-27-53(49)69/h15-37H,1-14H3. The number of aryl methyl sites for hydroxylation is 2. The summed E-state index contributed by atoms with van der Waals surface area (Å²) >= 11 is 0. The van der Waals surface area contributed by atoms with Crippen LogP contribution in [0.3, 0.4) is 0 Å². The largest absolute Gasteiger partial charge is 0.458 e. The highest BCUT2D eigenvalue weighted by Crippen LogP contribution is 2.51. The maximum absolute atomic E-state index is 7.25. The molecule has 2 aliphatic rings. The number of hydrogen-bond acceptors (Lipinski definition) is 3. The molecule has 5 heteroatoms. The van der Waals surface area contributed by atoms with Gasteiger partial charge in [-0.3, -0.25) is 0 Å². The SMILES string of the molecule is Cc1cc(C)cc(-c2cc3c4c(c2)N(c2ccc(C(C)(C)C)cc2)c2c(cc5oc6ccccc6c5c2-n2c5ccc(C(C)(C)C)cc5c5cc(C(C)(C)C)ccc52)B4c2cc(C(C)(C)C)ccc2O3)c1. The second-order valence-electron chi connectivity index (χ2n) is 24.9. The molecular weight excluding hydrogens is 864 g/mol. The third-order valence-electron chi connectivity index (χ3n) is 15.5. The van der Waals surface area contributed by atoms with E-state index in [1.807, 2.05) is 0 Å². The van der Waals surface area contributed by atoms with E-state index in [9.17, 15) is 0 Å². The van der Waals surface area contributed by atoms with Crippen molar-refractivity contribution in [2.45, 2.75) is 119 Å². The number of aromatic nitrogens is 1. The summed E-state index contributed by atoms with van der Waals surface area (Å²) in [5.74, 6) is 1.77. The van der Waals surface area contributed by atoms with E-state index in [4.69, 9.17) is 9.15 Å². The fourth-order valence-corrected chi connectivity index (χ4v) is 11.7. The lowest BCUT2D eigenvalue weighted by Gasteiger charge is -2.42. The van der Waals surface area contributed by atoms with Crippen molar-refractivity contribution in [3.63, 3.8) is 0 Å². The van der Waals surface area contributed by atoms with E-state index < -0.39 is 0 Å². The molecule has 0 atom stereocenters. The summed E-state index contributed by atoms with van der Waals surface area (Å²) in [5, 5.41) is 4.69. The highest BCUT2D eigenvalue weighted by Gasteiger charge is 2.45. The molecule has 0 unspecified atom stereocenters. The molecule has 0 radical (unpaired) electrons. The Balaban J connectivity index is 1.31. The molecule has 71 heavy (non-hydrogen) atoms. The van der Waals surface area contributed by atoms with Crippen LogP contribution >= 0.6 is 0 Å². The molecule has 0 aliphatic carbocycles. The Morgan fingerprint density at radius 3 is 1.59 bits per heavy atom. The second-order valence-corrected chi connectivity index (χ2v) is 24.9. The maximum atomic E-state index is 7.25. The number of anilines is 3. The first-order valence-corrected chi connectivity index (χ1v) is 25.6. The number of rotatable bonds is 3. The van der Waals surface area contributed by atoms with Crippen molar-refractivity contribution in [3.8, 4) is 28.3 Å². The number of hydrogen-bond donors (Lipinski definition) is 0. The number of fused-ring (bicyclic) bond motifs is 10. The van der Waals surface area contributed by atoms with Crippen LogP contribution in [-0.4, -0.2) is 11.3 Å². The Morgan fingerprint density at radius 2 is 0.986 bits per heavy atom. The van der Waals surface area contributed by atoms with Gasteiger partial charge in [0.2, 0.25) is 0 Å². The van der Waals surface area contributed by atoms with Gasteiger partial charge < -0.3 is 18.6 Å². The summed E-state index contributed by atoms with van der Waals surface area (Å²) in [6, 6.07) is 53.3. The molecule has 354 valence electrons. The van der Waals surface area contributed by atoms with Crippen LogP contribution in [0, 0.1) is 13.8 Å². The number of para-hydroxylation sites is 1. The Labute approximate surface area is 420 Å². The average molecular weight is 929 g/mol. The van der Waals surface area contributed by atoms with Crippen molar-refractivity contribution in [1.29, 1.82) is 0 Å². The van der Waals surface area contributed by atoms with Crippen molar-refractivity contribution in [3.05, 3.63) is 173 Å². The Morgan fingerprint density at radius 1 is 0.437 bits per heavy atom. The third-order valence-corrected chi connectivity index (χ3v) is 15.5. The summed E-state index contributed by atoms with van der Waals surface area (Å²) in [5.41, 5.74) is 21.8. The fourth-order valence-electron chi connectivity index (χ4n) is 11.7. The Hall–Kier alpha value is -6.98. The first kappa shape index (κ1) is 45.2. The van der Waals surface area contributed by atoms with Crippen LogP contribution in [0.25, 0.3) is 60.6 Å². The van der Waals surface area contributed by atoms with Gasteiger partial charge in [0.1, 0.15) is 22.7 Å². The van der Waals surface area contributed by atoms with E-state index in [1.54, 1.807) is 0 Å². The molecule has 0 N–H and O–H groups in total. The minimum Gasteiger partial charge on any atom is -0.458 e. The average Bonchev–Trinajstić information content (AvgIpc) is 3.84. The first-order chi connectivity index (χ1) is 33.5. The summed E-state index contributed by atoms with van der Waals surface area (Å²) in [7, 11) is 0. The van der Waals surface area contributed by atoms with Crippen LogP contribution in [0.4, 0.5) is 17.1 Å². The lowest BCUT2D eigenvalue weighted by atomic mass is 9.34. The van der Waals surface area contributed by atoms with Crippen LogP contribution in [0.15, 0.2) is 144 Å². The van der Waals surface area contributed by atoms with Gasteiger partial charge in [0, 0.05) is 27.5 Å². The monoisotopic (exact) mass is 929 g/mol. The lowest BCUT2D eigenvalue weighted by molar-refractivity contribution is 0.486. The zero-order chi connectivity index (χ0) is 49.8. The zero-order valence-electron chi connectivity index (χ0n) is 44.1. The van der Waals surface area contributed by atoms with E-state index in [0.29, 0.717) is 0 Å². The van der Waals surface area contributed by atoms with E-state index in [1.165, 1.54) is 71.7 Å². The minimum absolute atomic E-state index is 0.0261. The third kappa shape index (κ3) is 7.16. The summed E-state index contributed by atoms with van der Waals surface area (Å²) in [4.78, 5) is 2.58. The molecule has 0 fully saturated rings. The van der Waals surface area contributed by atoms with E-state index in [-0.39, 0.29) is 28.4 Å². The minimum atomic E-state index is -0.177. The smallest absolute Gasteiger partial charge is 0.256 e. The zero-order valence-corrected chi connectivity index (χ0v) is 44.1. The summed E-state index contributed by atoms with van der Waals surface area (Å²) < 4.78 is 17.0. The maximum Gasteiger partial charge on any atom is 0.256 e. The summed E-state index contributed by atoms with van der Waals surface area (Å²) in [6.07, 6.45) is 0. The molecule has 4 nitrogen and oxygen atoms in total. The van der Waals surface area contributed by atoms with Crippen LogP contribution in [0.1, 0.15) is 116 Å². The molecule has 4 heterocycles. The highest BCUT2D eigenvalue weighted by molar-refractivity contribution is 6.99. The summed E-state index contributed by atoms with van der Waals surface area (Å²) in [6.45, 7) is 31.9. The van der Waals surface area contributed by atoms with Crippen molar-refractivity contribution in [1.82, 2.24) is 4.57 Å². The lowest BCUT2D eigenvalue weighted by Crippen LogP contribution is -2.60. The molecule has 12 rings (SSSR count). The highest BCUT2D eigenvalue weighted by atomic mass is 16.5. The predicted molar refractivity (Wildman–Crippen MR) is 304 cm³/mol. The van der Waals surface area contributed by atoms with Gasteiger partial charge in [0.25, 0.3) is 6.71 Å². The second kappa shape index (κ2) is 15.3. The first-order valence-electron chi connectivity index (χ1n) is 25.6. The van der Waals surface area contributed by atoms with Crippen LogP contribution in [0.5, 0.6) is 11.5 Å². The predicted octanol–water partition coefficient (Wildman–Crippen LogP) is 16.6. The van der Waals surface area contributed by atoms with E-state index in [0.717, 1.165) is 67.2 Å². The van der Waals surface area contributed by atoms with Crippen molar-refractivity contribution in [2.24, 2.45) is 0 Å². The van der Waals surface area contributed by atoms with E-state index in [2.05, 4.69) is 246 Å². The molecule has 2 aliphatic heterocycles. The van der Waals surface area contributed by atoms with Gasteiger partial charge in [0.15, 0.2) is 0 Å². The fraction of sp³-hybridized carbons (Fsp3) is 0.273. The number of nitrogens with zero attached hydrogens (tertiary/aromatic N) is 2. The molecule has 0 amide bonds. The van der Waals surface area contributed by atoms with Gasteiger partial charge >= 0.3 is 0 Å². The number of benzene rings is 8. The van der Waals surface area contributed by atoms with Gasteiger partial charge in [-0.25, -0.2) is 0 Å². The van der Waals surface area contributed by atoms with Crippen molar-refractivity contribution in [2.75, 3.05) is 4.90 Å². The van der Waals surface area contributed by atoms with Gasteiger partial charge in [-0.1, -0.05) is 167 Å². The number of ether oxygens (including phenoxy) is 1. The Bertz CT molecular complexity index is 3760. The van der Waals surface area contributed by atoms with Crippen LogP contribution in [-0.2, 0) is 21.7 Å². The number of furan rings is 1. The molecule has 0 bridgehead atoms. The van der Waals surface area contributed by atoms with Crippen LogP contribution in [0.2, 0.25) is 0 Å². The van der Waals surface area contributed by atoms with Gasteiger partial charge in [-0.15, -0.1) is 0 Å². The molecule has 0 saturated carbocycles. The topological polar surface area (TPSA) is 30.5 Å². The van der Waals surface area contributed by atoms with Gasteiger partial charge in [-0.05, 0) is 152 Å². The van der Waals surface area contributed by atoms with Crippen molar-refractivity contribution < 1.29 is 9.15 Å². The van der Waals surface area contributed by atoms with Crippen LogP contribution < -0.4 is 26.0 Å². The molecule has 8 aromatic carbocycles. The van der Waals surface area contributed by atoms with Crippen molar-refractivity contribution >= 4 is 83.9 Å². The van der Waals surface area contributed by atoms with Gasteiger partial charge in [-0.2, -0.15) is 0 Å². The normalized spacial score (nSPS) is 13.8. The molecular formula is C66H65BN2O2. The molecule has 2 aromatic heterocycles. The molecule has 0 saturated heterocycles. The van der Waals surface area contributed by atoms with E-state index >= 15 is 0 Å². The molecule has 0 spiro atoms.